The number of aromatic nitrogens is 1. The van der Waals surface area contributed by atoms with Gasteiger partial charge in [-0.3, -0.25) is 0 Å². The van der Waals surface area contributed by atoms with Crippen molar-refractivity contribution in [2.45, 2.75) is 52.9 Å². The van der Waals surface area contributed by atoms with E-state index in [9.17, 15) is 8.42 Å². The van der Waals surface area contributed by atoms with Crippen molar-refractivity contribution in [2.75, 3.05) is 6.54 Å². The lowest BCUT2D eigenvalue weighted by Crippen LogP contribution is -2.28. The van der Waals surface area contributed by atoms with Crippen LogP contribution in [0.3, 0.4) is 0 Å². The highest BCUT2D eigenvalue weighted by atomic mass is 32.2. The summed E-state index contributed by atoms with van der Waals surface area (Å²) in [6.45, 7) is 12.3. The van der Waals surface area contributed by atoms with E-state index in [4.69, 9.17) is 0 Å². The summed E-state index contributed by atoms with van der Waals surface area (Å²) in [5.41, 5.74) is 8.34. The molecule has 0 aliphatic heterocycles. The predicted molar refractivity (Wildman–Crippen MR) is 112 cm³/mol. The van der Waals surface area contributed by atoms with Crippen LogP contribution in [-0.4, -0.2) is 19.9 Å². The molecule has 144 valence electrons. The molecule has 1 aromatic heterocycles. The van der Waals surface area contributed by atoms with E-state index in [2.05, 4.69) is 34.8 Å². The third kappa shape index (κ3) is 3.54. The molecule has 3 rings (SSSR count). The molecule has 0 saturated heterocycles. The van der Waals surface area contributed by atoms with Gasteiger partial charge >= 0.3 is 0 Å². The number of rotatable bonds is 5. The van der Waals surface area contributed by atoms with Gasteiger partial charge in [-0.15, -0.1) is 0 Å². The minimum Gasteiger partial charge on any atom is -0.361 e. The van der Waals surface area contributed by atoms with E-state index in [0.717, 1.165) is 44.3 Å². The summed E-state index contributed by atoms with van der Waals surface area (Å²) in [5.74, 6) is 0. The van der Waals surface area contributed by atoms with E-state index in [0.29, 0.717) is 17.9 Å². The Morgan fingerprint density at radius 3 is 2.11 bits per heavy atom. The van der Waals surface area contributed by atoms with Gasteiger partial charge in [0.1, 0.15) is 0 Å². The van der Waals surface area contributed by atoms with Crippen molar-refractivity contribution in [2.24, 2.45) is 0 Å². The number of aryl methyl sites for hydroxylation is 1. The SMILES string of the molecule is Cc1ccc2[nH]cc(CCNS(=O)(=O)c3c(C)c(C)c(C)c(C)c3C)c2c1. The summed E-state index contributed by atoms with van der Waals surface area (Å²) in [7, 11) is -3.56. The molecule has 0 saturated carbocycles. The van der Waals surface area contributed by atoms with Crippen LogP contribution in [0.2, 0.25) is 0 Å². The maximum atomic E-state index is 13.0. The van der Waals surface area contributed by atoms with Gasteiger partial charge in [-0.05, 0) is 93.5 Å². The lowest BCUT2D eigenvalue weighted by Gasteiger charge is -2.19. The third-order valence-electron chi connectivity index (χ3n) is 5.81. The molecule has 2 N–H and O–H groups in total. The lowest BCUT2D eigenvalue weighted by molar-refractivity contribution is 0.580. The molecule has 5 heteroatoms. The Morgan fingerprint density at radius 1 is 0.889 bits per heavy atom. The molecule has 2 aromatic carbocycles. The average molecular weight is 385 g/mol. The molecule has 27 heavy (non-hydrogen) atoms. The van der Waals surface area contributed by atoms with Crippen LogP contribution < -0.4 is 4.72 Å². The molecule has 1 heterocycles. The van der Waals surface area contributed by atoms with Crippen LogP contribution in [0.5, 0.6) is 0 Å². The van der Waals surface area contributed by atoms with Gasteiger partial charge in [0.25, 0.3) is 0 Å². The molecule has 0 bridgehead atoms. The highest BCUT2D eigenvalue weighted by molar-refractivity contribution is 7.89. The number of H-pyrrole nitrogens is 1. The Balaban J connectivity index is 1.85. The number of hydrogen-bond acceptors (Lipinski definition) is 2. The largest absolute Gasteiger partial charge is 0.361 e. The molecular formula is C22H28N2O2S. The van der Waals surface area contributed by atoms with E-state index in [1.807, 2.05) is 40.8 Å². The molecule has 0 atom stereocenters. The van der Waals surface area contributed by atoms with Gasteiger partial charge in [-0.1, -0.05) is 11.6 Å². The van der Waals surface area contributed by atoms with Crippen molar-refractivity contribution in [3.8, 4) is 0 Å². The molecular weight excluding hydrogens is 356 g/mol. The van der Waals surface area contributed by atoms with Gasteiger partial charge in [0.15, 0.2) is 0 Å². The standard InChI is InChI=1S/C22H28N2O2S/c1-13-7-8-21-20(11-13)19(12-23-21)9-10-24-27(25,26)22-17(5)15(3)14(2)16(4)18(22)6/h7-8,11-12,23-24H,9-10H2,1-6H3. The molecule has 0 spiro atoms. The first-order chi connectivity index (χ1) is 12.6. The van der Waals surface area contributed by atoms with E-state index >= 15 is 0 Å². The first-order valence-corrected chi connectivity index (χ1v) is 10.7. The topological polar surface area (TPSA) is 62.0 Å². The molecule has 0 fully saturated rings. The molecule has 3 aromatic rings. The average Bonchev–Trinajstić information content (AvgIpc) is 3.00. The minimum atomic E-state index is -3.56. The van der Waals surface area contributed by atoms with Gasteiger partial charge in [-0.25, -0.2) is 13.1 Å². The molecule has 0 aliphatic carbocycles. The summed E-state index contributed by atoms with van der Waals surface area (Å²) in [4.78, 5) is 3.69. The van der Waals surface area contributed by atoms with Crippen LogP contribution >= 0.6 is 0 Å². The van der Waals surface area contributed by atoms with Crippen molar-refractivity contribution in [1.29, 1.82) is 0 Å². The van der Waals surface area contributed by atoms with Gasteiger partial charge in [-0.2, -0.15) is 0 Å². The Bertz CT molecular complexity index is 1100. The molecule has 0 radical (unpaired) electrons. The van der Waals surface area contributed by atoms with Crippen LogP contribution in [0.1, 0.15) is 38.9 Å². The zero-order valence-electron chi connectivity index (χ0n) is 16.9. The van der Waals surface area contributed by atoms with Crippen molar-refractivity contribution in [3.05, 3.63) is 63.3 Å². The Kier molecular flexibility index (Phi) is 5.19. The fraction of sp³-hybridized carbons (Fsp3) is 0.364. The van der Waals surface area contributed by atoms with Crippen LogP contribution in [-0.2, 0) is 16.4 Å². The highest BCUT2D eigenvalue weighted by Gasteiger charge is 2.23. The van der Waals surface area contributed by atoms with Crippen molar-refractivity contribution < 1.29 is 8.42 Å². The number of hydrogen-bond donors (Lipinski definition) is 2. The molecule has 0 unspecified atom stereocenters. The summed E-state index contributed by atoms with van der Waals surface area (Å²) in [5, 5.41) is 1.16. The zero-order valence-corrected chi connectivity index (χ0v) is 17.8. The number of fused-ring (bicyclic) bond motifs is 1. The number of benzene rings is 2. The number of aromatic amines is 1. The molecule has 4 nitrogen and oxygen atoms in total. The molecule has 0 aliphatic rings. The summed E-state index contributed by atoms with van der Waals surface area (Å²) < 4.78 is 28.8. The van der Waals surface area contributed by atoms with Crippen molar-refractivity contribution in [1.82, 2.24) is 9.71 Å². The zero-order chi connectivity index (χ0) is 19.9. The van der Waals surface area contributed by atoms with E-state index in [-0.39, 0.29) is 0 Å². The normalized spacial score (nSPS) is 12.1. The Hall–Kier alpha value is -2.11. The Morgan fingerprint density at radius 2 is 1.48 bits per heavy atom. The van der Waals surface area contributed by atoms with Crippen LogP contribution in [0, 0.1) is 41.5 Å². The molecule has 0 amide bonds. The maximum Gasteiger partial charge on any atom is 0.241 e. The predicted octanol–water partition coefficient (Wildman–Crippen LogP) is 4.54. The highest BCUT2D eigenvalue weighted by Crippen LogP contribution is 2.29. The van der Waals surface area contributed by atoms with Crippen LogP contribution in [0.4, 0.5) is 0 Å². The Labute approximate surface area is 162 Å². The maximum absolute atomic E-state index is 13.0. The van der Waals surface area contributed by atoms with Gasteiger partial charge in [0.05, 0.1) is 4.90 Å². The second-order valence-corrected chi connectivity index (χ2v) is 9.17. The lowest BCUT2D eigenvalue weighted by atomic mass is 9.95. The minimum absolute atomic E-state index is 0.369. The third-order valence-corrected chi connectivity index (χ3v) is 7.54. The monoisotopic (exact) mass is 384 g/mol. The smallest absolute Gasteiger partial charge is 0.241 e. The van der Waals surface area contributed by atoms with Crippen LogP contribution in [0.25, 0.3) is 10.9 Å². The first-order valence-electron chi connectivity index (χ1n) is 9.26. The van der Waals surface area contributed by atoms with Crippen molar-refractivity contribution in [3.63, 3.8) is 0 Å². The number of sulfonamides is 1. The summed E-state index contributed by atoms with van der Waals surface area (Å²) >= 11 is 0. The van der Waals surface area contributed by atoms with Gasteiger partial charge < -0.3 is 4.98 Å². The van der Waals surface area contributed by atoms with Crippen LogP contribution in [0.15, 0.2) is 29.3 Å². The summed E-state index contributed by atoms with van der Waals surface area (Å²) in [6.07, 6.45) is 2.61. The van der Waals surface area contributed by atoms with E-state index < -0.39 is 10.0 Å². The van der Waals surface area contributed by atoms with Gasteiger partial charge in [0, 0.05) is 23.6 Å². The van der Waals surface area contributed by atoms with Crippen molar-refractivity contribution >= 4 is 20.9 Å². The van der Waals surface area contributed by atoms with E-state index in [1.165, 1.54) is 5.56 Å². The summed E-state index contributed by atoms with van der Waals surface area (Å²) in [6, 6.07) is 6.26. The fourth-order valence-electron chi connectivity index (χ4n) is 3.76. The first kappa shape index (κ1) is 19.6. The van der Waals surface area contributed by atoms with Gasteiger partial charge in [0.2, 0.25) is 10.0 Å². The second kappa shape index (κ2) is 7.13. The van der Waals surface area contributed by atoms with E-state index in [1.54, 1.807) is 0 Å². The fourth-order valence-corrected chi connectivity index (χ4v) is 5.39. The number of nitrogens with one attached hydrogen (secondary N) is 2. The second-order valence-electron chi connectivity index (χ2n) is 7.46. The quantitative estimate of drug-likeness (QED) is 0.678.